The zero-order valence-corrected chi connectivity index (χ0v) is 8.40. The second-order valence-electron chi connectivity index (χ2n) is 5.02. The molecular formula is C10H22N2. The van der Waals surface area contributed by atoms with Crippen molar-refractivity contribution in [3.8, 4) is 0 Å². The second kappa shape index (κ2) is 3.35. The Labute approximate surface area is 75.7 Å². The van der Waals surface area contributed by atoms with Crippen molar-refractivity contribution in [1.82, 2.24) is 0 Å². The molecule has 1 fully saturated rings. The molecule has 2 atom stereocenters. The summed E-state index contributed by atoms with van der Waals surface area (Å²) >= 11 is 0. The van der Waals surface area contributed by atoms with Crippen LogP contribution in [0.3, 0.4) is 0 Å². The van der Waals surface area contributed by atoms with Crippen LogP contribution < -0.4 is 11.5 Å². The fourth-order valence-electron chi connectivity index (χ4n) is 1.88. The molecule has 0 radical (unpaired) electrons. The zero-order chi connectivity index (χ0) is 9.24. The molecule has 2 nitrogen and oxygen atoms in total. The van der Waals surface area contributed by atoms with Gasteiger partial charge in [0.15, 0.2) is 0 Å². The Hall–Kier alpha value is -0.0800. The van der Waals surface area contributed by atoms with E-state index < -0.39 is 0 Å². The van der Waals surface area contributed by atoms with Gasteiger partial charge in [-0.1, -0.05) is 12.8 Å². The molecule has 1 aliphatic carbocycles. The third kappa shape index (κ3) is 3.11. The largest absolute Gasteiger partial charge is 0.325 e. The lowest BCUT2D eigenvalue weighted by atomic mass is 9.79. The lowest BCUT2D eigenvalue weighted by molar-refractivity contribution is 0.270. The van der Waals surface area contributed by atoms with Crippen LogP contribution in [-0.4, -0.2) is 11.1 Å². The van der Waals surface area contributed by atoms with Crippen LogP contribution in [0.25, 0.3) is 0 Å². The van der Waals surface area contributed by atoms with Gasteiger partial charge in [0, 0.05) is 11.1 Å². The summed E-state index contributed by atoms with van der Waals surface area (Å²) in [5.41, 5.74) is 12.3. The highest BCUT2D eigenvalue weighted by Crippen LogP contribution is 2.28. The van der Waals surface area contributed by atoms with Crippen molar-refractivity contribution in [2.45, 2.75) is 63.5 Å². The van der Waals surface area contributed by atoms with Crippen molar-refractivity contribution < 1.29 is 0 Å². The summed E-state index contributed by atoms with van der Waals surface area (Å²) in [5, 5.41) is 0. The molecule has 0 aromatic rings. The molecule has 0 bridgehead atoms. The molecule has 0 amide bonds. The summed E-state index contributed by atoms with van der Waals surface area (Å²) in [6.07, 6.45) is 6.92. The van der Waals surface area contributed by atoms with Crippen molar-refractivity contribution >= 4 is 0 Å². The number of rotatable bonds is 0. The van der Waals surface area contributed by atoms with Gasteiger partial charge < -0.3 is 11.5 Å². The molecule has 1 saturated carbocycles. The predicted octanol–water partition coefficient (Wildman–Crippen LogP) is 1.78. The Kier molecular flexibility index (Phi) is 2.79. The third-order valence-electron chi connectivity index (χ3n) is 3.01. The molecule has 0 saturated heterocycles. The Morgan fingerprint density at radius 3 is 1.42 bits per heavy atom. The lowest BCUT2D eigenvalue weighted by Gasteiger charge is -2.34. The van der Waals surface area contributed by atoms with Crippen LogP contribution in [0.5, 0.6) is 0 Å². The van der Waals surface area contributed by atoms with Gasteiger partial charge in [-0.3, -0.25) is 0 Å². The van der Waals surface area contributed by atoms with Crippen LogP contribution in [0.4, 0.5) is 0 Å². The van der Waals surface area contributed by atoms with E-state index in [1.807, 2.05) is 0 Å². The molecule has 0 spiro atoms. The van der Waals surface area contributed by atoms with Crippen LogP contribution in [0.2, 0.25) is 0 Å². The summed E-state index contributed by atoms with van der Waals surface area (Å²) < 4.78 is 0. The maximum Gasteiger partial charge on any atom is 0.0126 e. The van der Waals surface area contributed by atoms with Crippen molar-refractivity contribution in [3.05, 3.63) is 0 Å². The number of hydrogen-bond acceptors (Lipinski definition) is 2. The van der Waals surface area contributed by atoms with Gasteiger partial charge in [0.25, 0.3) is 0 Å². The minimum Gasteiger partial charge on any atom is -0.325 e. The molecule has 72 valence electrons. The Morgan fingerprint density at radius 2 is 1.08 bits per heavy atom. The fraction of sp³-hybridized carbons (Fsp3) is 1.00. The normalized spacial score (nSPS) is 45.0. The highest BCUT2D eigenvalue weighted by atomic mass is 14.8. The van der Waals surface area contributed by atoms with Gasteiger partial charge >= 0.3 is 0 Å². The topological polar surface area (TPSA) is 52.0 Å². The van der Waals surface area contributed by atoms with E-state index in [0.717, 1.165) is 25.7 Å². The van der Waals surface area contributed by atoms with Crippen molar-refractivity contribution in [2.75, 3.05) is 0 Å². The van der Waals surface area contributed by atoms with Crippen molar-refractivity contribution in [2.24, 2.45) is 11.5 Å². The molecule has 1 aliphatic rings. The molecule has 2 heteroatoms. The number of hydrogen-bond donors (Lipinski definition) is 2. The second-order valence-corrected chi connectivity index (χ2v) is 5.02. The van der Waals surface area contributed by atoms with Crippen molar-refractivity contribution in [1.29, 1.82) is 0 Å². The standard InChI is InChI=1S/C10H22N2/c1-9(11)5-3-4-6-10(2,12)8-7-9/h3-8,11-12H2,1-2H3. The highest BCUT2D eigenvalue weighted by Gasteiger charge is 2.27. The average molecular weight is 170 g/mol. The quantitative estimate of drug-likeness (QED) is 0.582. The first kappa shape index (κ1) is 10.0. The minimum absolute atomic E-state index is 0.0288. The van der Waals surface area contributed by atoms with E-state index in [-0.39, 0.29) is 11.1 Å². The first-order chi connectivity index (χ1) is 5.41. The van der Waals surface area contributed by atoms with Gasteiger partial charge in [0.1, 0.15) is 0 Å². The monoisotopic (exact) mass is 170 g/mol. The van der Waals surface area contributed by atoms with Gasteiger partial charge in [0.2, 0.25) is 0 Å². The maximum absolute atomic E-state index is 6.11. The van der Waals surface area contributed by atoms with Crippen LogP contribution in [0.15, 0.2) is 0 Å². The van der Waals surface area contributed by atoms with Crippen LogP contribution in [0, 0.1) is 0 Å². The van der Waals surface area contributed by atoms with E-state index >= 15 is 0 Å². The molecule has 0 aromatic carbocycles. The third-order valence-corrected chi connectivity index (χ3v) is 3.01. The van der Waals surface area contributed by atoms with Crippen molar-refractivity contribution in [3.63, 3.8) is 0 Å². The maximum atomic E-state index is 6.11. The summed E-state index contributed by atoms with van der Waals surface area (Å²) in [7, 11) is 0. The zero-order valence-electron chi connectivity index (χ0n) is 8.40. The molecule has 12 heavy (non-hydrogen) atoms. The molecule has 2 unspecified atom stereocenters. The van der Waals surface area contributed by atoms with E-state index in [4.69, 9.17) is 11.5 Å². The summed E-state index contributed by atoms with van der Waals surface area (Å²) in [5.74, 6) is 0. The number of nitrogens with two attached hydrogens (primary N) is 2. The van der Waals surface area contributed by atoms with Gasteiger partial charge in [-0.2, -0.15) is 0 Å². The van der Waals surface area contributed by atoms with E-state index in [1.54, 1.807) is 0 Å². The van der Waals surface area contributed by atoms with E-state index in [9.17, 15) is 0 Å². The molecule has 0 aromatic heterocycles. The fourth-order valence-corrected chi connectivity index (χ4v) is 1.88. The van der Waals surface area contributed by atoms with Gasteiger partial charge in [0.05, 0.1) is 0 Å². The molecule has 1 rings (SSSR count). The molecule has 0 heterocycles. The van der Waals surface area contributed by atoms with Crippen LogP contribution in [0.1, 0.15) is 52.4 Å². The Balaban J connectivity index is 2.51. The lowest BCUT2D eigenvalue weighted by Crippen LogP contribution is -2.44. The van der Waals surface area contributed by atoms with Gasteiger partial charge in [-0.25, -0.2) is 0 Å². The predicted molar refractivity (Wildman–Crippen MR) is 52.9 cm³/mol. The van der Waals surface area contributed by atoms with Gasteiger partial charge in [-0.15, -0.1) is 0 Å². The summed E-state index contributed by atoms with van der Waals surface area (Å²) in [6, 6.07) is 0. The average Bonchev–Trinajstić information content (AvgIpc) is 1.94. The Bertz CT molecular complexity index is 132. The summed E-state index contributed by atoms with van der Waals surface area (Å²) in [4.78, 5) is 0. The van der Waals surface area contributed by atoms with Gasteiger partial charge in [-0.05, 0) is 39.5 Å². The molecule has 4 N–H and O–H groups in total. The molecular weight excluding hydrogens is 148 g/mol. The van der Waals surface area contributed by atoms with E-state index in [0.29, 0.717) is 0 Å². The highest BCUT2D eigenvalue weighted by molar-refractivity contribution is 4.88. The Morgan fingerprint density at radius 1 is 0.750 bits per heavy atom. The smallest absolute Gasteiger partial charge is 0.0126 e. The van der Waals surface area contributed by atoms with E-state index in [2.05, 4.69) is 13.8 Å². The summed E-state index contributed by atoms with van der Waals surface area (Å²) in [6.45, 7) is 4.29. The van der Waals surface area contributed by atoms with E-state index in [1.165, 1.54) is 12.8 Å². The minimum atomic E-state index is 0.0288. The first-order valence-corrected chi connectivity index (χ1v) is 4.99. The SMILES string of the molecule is CC1(N)CCCCC(C)(N)CC1. The molecule has 0 aliphatic heterocycles. The first-order valence-electron chi connectivity index (χ1n) is 4.99. The van der Waals surface area contributed by atoms with Crippen LogP contribution in [-0.2, 0) is 0 Å². The van der Waals surface area contributed by atoms with Crippen LogP contribution >= 0.6 is 0 Å².